The monoisotopic (exact) mass is 317 g/mol. The minimum absolute atomic E-state index is 0.0759. The van der Waals surface area contributed by atoms with E-state index in [2.05, 4.69) is 19.2 Å². The predicted molar refractivity (Wildman–Crippen MR) is 90.5 cm³/mol. The number of nitrogens with two attached hydrogens (primary N) is 1. The normalized spacial score (nSPS) is 20.2. The Hall–Kier alpha value is -1.88. The predicted octanol–water partition coefficient (Wildman–Crippen LogP) is 1.70. The second-order valence-electron chi connectivity index (χ2n) is 6.69. The summed E-state index contributed by atoms with van der Waals surface area (Å²) >= 11 is 0. The Morgan fingerprint density at radius 3 is 2.61 bits per heavy atom. The van der Waals surface area contributed by atoms with Crippen LogP contribution >= 0.6 is 0 Å². The average molecular weight is 317 g/mol. The molecule has 0 bridgehead atoms. The molecule has 0 saturated carbocycles. The van der Waals surface area contributed by atoms with Gasteiger partial charge in [0.25, 0.3) is 0 Å². The van der Waals surface area contributed by atoms with Gasteiger partial charge in [0.1, 0.15) is 6.04 Å². The molecule has 1 aliphatic rings. The van der Waals surface area contributed by atoms with Gasteiger partial charge in [-0.1, -0.05) is 44.2 Å². The van der Waals surface area contributed by atoms with Gasteiger partial charge in [-0.3, -0.25) is 14.5 Å². The van der Waals surface area contributed by atoms with E-state index in [1.54, 1.807) is 0 Å². The van der Waals surface area contributed by atoms with E-state index in [9.17, 15) is 9.59 Å². The van der Waals surface area contributed by atoms with Crippen LogP contribution in [0.15, 0.2) is 30.3 Å². The van der Waals surface area contributed by atoms with Crippen molar-refractivity contribution in [2.75, 3.05) is 19.6 Å². The molecule has 1 aliphatic heterocycles. The molecule has 1 saturated heterocycles. The summed E-state index contributed by atoms with van der Waals surface area (Å²) in [4.78, 5) is 26.3. The van der Waals surface area contributed by atoms with Gasteiger partial charge < -0.3 is 11.1 Å². The smallest absolute Gasteiger partial charge is 0.239 e. The molecule has 2 rings (SSSR count). The van der Waals surface area contributed by atoms with E-state index < -0.39 is 6.04 Å². The molecule has 2 atom stereocenters. The zero-order valence-electron chi connectivity index (χ0n) is 14.0. The van der Waals surface area contributed by atoms with Crippen LogP contribution in [0.25, 0.3) is 0 Å². The van der Waals surface area contributed by atoms with E-state index in [-0.39, 0.29) is 17.7 Å². The Kier molecular flexibility index (Phi) is 6.16. The third-order valence-corrected chi connectivity index (χ3v) is 4.26. The molecule has 0 aliphatic carbocycles. The molecular weight excluding hydrogens is 290 g/mol. The summed E-state index contributed by atoms with van der Waals surface area (Å²) in [7, 11) is 0. The van der Waals surface area contributed by atoms with E-state index in [1.807, 2.05) is 35.2 Å². The van der Waals surface area contributed by atoms with Gasteiger partial charge in [0.15, 0.2) is 0 Å². The highest BCUT2D eigenvalue weighted by Crippen LogP contribution is 2.27. The topological polar surface area (TPSA) is 75.4 Å². The minimum Gasteiger partial charge on any atom is -0.368 e. The van der Waals surface area contributed by atoms with Gasteiger partial charge in [-0.15, -0.1) is 0 Å². The molecule has 1 aromatic carbocycles. The van der Waals surface area contributed by atoms with Crippen molar-refractivity contribution in [3.63, 3.8) is 0 Å². The summed E-state index contributed by atoms with van der Waals surface area (Å²) in [5.74, 6) is 0.0773. The van der Waals surface area contributed by atoms with Crippen molar-refractivity contribution in [3.8, 4) is 0 Å². The zero-order chi connectivity index (χ0) is 16.8. The number of benzene rings is 1. The van der Waals surface area contributed by atoms with Gasteiger partial charge in [-0.05, 0) is 30.9 Å². The Morgan fingerprint density at radius 1 is 1.30 bits per heavy atom. The van der Waals surface area contributed by atoms with Crippen molar-refractivity contribution < 1.29 is 9.59 Å². The average Bonchev–Trinajstić information content (AvgIpc) is 2.53. The molecule has 3 N–H and O–H groups in total. The van der Waals surface area contributed by atoms with Crippen molar-refractivity contribution in [1.29, 1.82) is 0 Å². The summed E-state index contributed by atoms with van der Waals surface area (Å²) in [5, 5.41) is 3.00. The second kappa shape index (κ2) is 8.11. The van der Waals surface area contributed by atoms with Crippen LogP contribution in [-0.2, 0) is 9.59 Å². The molecule has 1 fully saturated rings. The van der Waals surface area contributed by atoms with Gasteiger partial charge in [0.05, 0.1) is 5.92 Å². The van der Waals surface area contributed by atoms with Crippen LogP contribution in [0.1, 0.15) is 38.3 Å². The van der Waals surface area contributed by atoms with Crippen LogP contribution < -0.4 is 11.1 Å². The number of nitrogens with one attached hydrogen (secondary N) is 1. The molecule has 1 heterocycles. The number of carbonyl (C=O) groups excluding carboxylic acids is 2. The molecule has 1 aromatic rings. The minimum atomic E-state index is -0.461. The van der Waals surface area contributed by atoms with Crippen molar-refractivity contribution in [1.82, 2.24) is 10.2 Å². The molecule has 0 unspecified atom stereocenters. The van der Waals surface area contributed by atoms with E-state index in [1.165, 1.54) is 0 Å². The Labute approximate surface area is 138 Å². The van der Waals surface area contributed by atoms with Crippen LogP contribution in [0.5, 0.6) is 0 Å². The fourth-order valence-corrected chi connectivity index (χ4v) is 3.09. The van der Waals surface area contributed by atoms with Crippen LogP contribution in [0.2, 0.25) is 0 Å². The Morgan fingerprint density at radius 2 is 2.00 bits per heavy atom. The number of amides is 2. The maximum Gasteiger partial charge on any atom is 0.239 e. The number of primary amides is 1. The van der Waals surface area contributed by atoms with Gasteiger partial charge in [-0.25, -0.2) is 0 Å². The van der Waals surface area contributed by atoms with Gasteiger partial charge in [0.2, 0.25) is 11.8 Å². The van der Waals surface area contributed by atoms with Crippen LogP contribution in [0.4, 0.5) is 0 Å². The van der Waals surface area contributed by atoms with Crippen LogP contribution in [0, 0.1) is 11.8 Å². The lowest BCUT2D eigenvalue weighted by Gasteiger charge is -2.36. The van der Waals surface area contributed by atoms with Gasteiger partial charge in [-0.2, -0.15) is 0 Å². The lowest BCUT2D eigenvalue weighted by molar-refractivity contribution is -0.130. The Bertz CT molecular complexity index is 530. The first-order valence-electron chi connectivity index (χ1n) is 8.35. The lowest BCUT2D eigenvalue weighted by Crippen LogP contribution is -2.47. The van der Waals surface area contributed by atoms with Crippen molar-refractivity contribution >= 4 is 11.8 Å². The van der Waals surface area contributed by atoms with E-state index in [0.717, 1.165) is 24.9 Å². The third-order valence-electron chi connectivity index (χ3n) is 4.26. The molecule has 23 heavy (non-hydrogen) atoms. The third kappa shape index (κ3) is 4.79. The molecule has 0 radical (unpaired) electrons. The number of hydrogen-bond donors (Lipinski definition) is 2. The number of rotatable bonds is 6. The molecule has 0 aromatic heterocycles. The van der Waals surface area contributed by atoms with E-state index in [4.69, 9.17) is 5.73 Å². The van der Waals surface area contributed by atoms with Gasteiger partial charge in [0, 0.05) is 13.1 Å². The first kappa shape index (κ1) is 17.5. The number of likely N-dealkylation sites (tertiary alicyclic amines) is 1. The zero-order valence-corrected chi connectivity index (χ0v) is 14.0. The number of piperidine rings is 1. The van der Waals surface area contributed by atoms with Crippen molar-refractivity contribution in [3.05, 3.63) is 35.9 Å². The summed E-state index contributed by atoms with van der Waals surface area (Å²) in [6.45, 7) is 6.20. The van der Waals surface area contributed by atoms with E-state index >= 15 is 0 Å². The number of hydrogen-bond acceptors (Lipinski definition) is 3. The molecule has 2 amide bonds. The SMILES string of the molecule is CC(C)CNC(=O)[C@H]1CCCN([C@H](C(N)=O)c2ccccc2)C1. The molecule has 5 heteroatoms. The Balaban J connectivity index is 2.06. The quantitative estimate of drug-likeness (QED) is 0.838. The molecule has 0 spiro atoms. The first-order valence-corrected chi connectivity index (χ1v) is 8.35. The maximum atomic E-state index is 12.3. The fourth-order valence-electron chi connectivity index (χ4n) is 3.09. The van der Waals surface area contributed by atoms with Crippen LogP contribution in [0.3, 0.4) is 0 Å². The summed E-state index contributed by atoms with van der Waals surface area (Å²) in [6, 6.07) is 9.09. The van der Waals surface area contributed by atoms with Crippen LogP contribution in [-0.4, -0.2) is 36.3 Å². The number of carbonyl (C=O) groups is 2. The van der Waals surface area contributed by atoms with E-state index in [0.29, 0.717) is 19.0 Å². The summed E-state index contributed by atoms with van der Waals surface area (Å²) in [6.07, 6.45) is 1.76. The highest BCUT2D eigenvalue weighted by atomic mass is 16.2. The number of nitrogens with zero attached hydrogens (tertiary/aromatic N) is 1. The summed E-state index contributed by atoms with van der Waals surface area (Å²) in [5.41, 5.74) is 6.53. The van der Waals surface area contributed by atoms with Crippen molar-refractivity contribution in [2.24, 2.45) is 17.6 Å². The highest BCUT2D eigenvalue weighted by molar-refractivity contribution is 5.82. The standard InChI is InChI=1S/C18H27N3O2/c1-13(2)11-20-18(23)15-9-6-10-21(12-15)16(17(19)22)14-7-4-3-5-8-14/h3-5,7-8,13,15-16H,6,9-12H2,1-2H3,(H2,19,22)(H,20,23)/t15-,16-/m0/s1. The first-order chi connectivity index (χ1) is 11.0. The molecule has 126 valence electrons. The van der Waals surface area contributed by atoms with Crippen molar-refractivity contribution in [2.45, 2.75) is 32.7 Å². The largest absolute Gasteiger partial charge is 0.368 e. The lowest BCUT2D eigenvalue weighted by atomic mass is 9.93. The fraction of sp³-hybridized carbons (Fsp3) is 0.556. The second-order valence-corrected chi connectivity index (χ2v) is 6.69. The summed E-state index contributed by atoms with van der Waals surface area (Å²) < 4.78 is 0. The highest BCUT2D eigenvalue weighted by Gasteiger charge is 2.32. The maximum absolute atomic E-state index is 12.3. The molecular formula is C18H27N3O2. The molecule has 5 nitrogen and oxygen atoms in total. The van der Waals surface area contributed by atoms with Gasteiger partial charge >= 0.3 is 0 Å².